The summed E-state index contributed by atoms with van der Waals surface area (Å²) in [5, 5.41) is 29.6. The van der Waals surface area contributed by atoms with Crippen LogP contribution in [0, 0.1) is 0 Å². The van der Waals surface area contributed by atoms with Gasteiger partial charge in [0, 0.05) is 25.0 Å². The molecule has 1 aliphatic rings. The van der Waals surface area contributed by atoms with Gasteiger partial charge in [-0.3, -0.25) is 4.79 Å². The minimum absolute atomic E-state index is 0.0272. The van der Waals surface area contributed by atoms with Crippen LogP contribution in [0.4, 0.5) is 0 Å². The molecule has 1 heterocycles. The van der Waals surface area contributed by atoms with Gasteiger partial charge in [0.1, 0.15) is 34.7 Å². The summed E-state index contributed by atoms with van der Waals surface area (Å²) >= 11 is 0. The number of phenolic OH excluding ortho intramolecular Hbond substituents is 3. The fourth-order valence-electron chi connectivity index (χ4n) is 3.26. The second kappa shape index (κ2) is 6.59. The van der Waals surface area contributed by atoms with Crippen LogP contribution in [0.1, 0.15) is 38.8 Å². The first-order chi connectivity index (χ1) is 12.3. The molecular formula is C19H18O7. The standard InChI is InChI=1S/C19H18O7/c1-9(20)17-11(4-13(25-2)8-16(17)23)6-14-5-10-3-12(21)7-15(22)18(10)19(24)26-14/h3-4,7-8,14,21-23H,5-6H2,1-2H3/t14-/m1/s1. The van der Waals surface area contributed by atoms with Crippen molar-refractivity contribution in [1.29, 1.82) is 0 Å². The van der Waals surface area contributed by atoms with E-state index in [9.17, 15) is 24.9 Å². The van der Waals surface area contributed by atoms with E-state index in [0.29, 0.717) is 16.9 Å². The number of rotatable bonds is 4. The molecule has 2 aromatic carbocycles. The first kappa shape index (κ1) is 17.6. The van der Waals surface area contributed by atoms with E-state index in [1.807, 2.05) is 0 Å². The fraction of sp³-hybridized carbons (Fsp3) is 0.263. The lowest BCUT2D eigenvalue weighted by molar-refractivity contribution is 0.0255. The van der Waals surface area contributed by atoms with Crippen molar-refractivity contribution < 1.29 is 34.4 Å². The Balaban J connectivity index is 1.96. The Morgan fingerprint density at radius 2 is 1.92 bits per heavy atom. The minimum atomic E-state index is -0.703. The summed E-state index contributed by atoms with van der Waals surface area (Å²) in [4.78, 5) is 24.1. The van der Waals surface area contributed by atoms with Crippen molar-refractivity contribution in [3.63, 3.8) is 0 Å². The van der Waals surface area contributed by atoms with E-state index < -0.39 is 12.1 Å². The number of aromatic hydroxyl groups is 3. The van der Waals surface area contributed by atoms with Crippen LogP contribution in [0.5, 0.6) is 23.0 Å². The van der Waals surface area contributed by atoms with E-state index in [1.165, 1.54) is 26.2 Å². The third-order valence-corrected chi connectivity index (χ3v) is 4.32. The van der Waals surface area contributed by atoms with Gasteiger partial charge in [-0.05, 0) is 30.2 Å². The van der Waals surface area contributed by atoms with Gasteiger partial charge in [-0.1, -0.05) is 0 Å². The van der Waals surface area contributed by atoms with Crippen LogP contribution < -0.4 is 4.74 Å². The average Bonchev–Trinajstić information content (AvgIpc) is 2.52. The number of esters is 1. The summed E-state index contributed by atoms with van der Waals surface area (Å²) in [6.07, 6.45) is -0.208. The summed E-state index contributed by atoms with van der Waals surface area (Å²) in [7, 11) is 1.44. The third kappa shape index (κ3) is 3.15. The molecule has 2 aromatic rings. The highest BCUT2D eigenvalue weighted by Crippen LogP contribution is 2.35. The number of ether oxygens (including phenoxy) is 2. The van der Waals surface area contributed by atoms with Crippen molar-refractivity contribution in [1.82, 2.24) is 0 Å². The van der Waals surface area contributed by atoms with Gasteiger partial charge in [0.25, 0.3) is 0 Å². The van der Waals surface area contributed by atoms with Gasteiger partial charge in [0.2, 0.25) is 0 Å². The monoisotopic (exact) mass is 358 g/mol. The second-order valence-electron chi connectivity index (χ2n) is 6.17. The Hall–Kier alpha value is -3.22. The zero-order chi connectivity index (χ0) is 19.0. The van der Waals surface area contributed by atoms with Crippen molar-refractivity contribution >= 4 is 11.8 Å². The largest absolute Gasteiger partial charge is 0.508 e. The second-order valence-corrected chi connectivity index (χ2v) is 6.17. The number of ketones is 1. The Morgan fingerprint density at radius 1 is 1.19 bits per heavy atom. The first-order valence-electron chi connectivity index (χ1n) is 7.96. The molecule has 7 heteroatoms. The lowest BCUT2D eigenvalue weighted by Crippen LogP contribution is -2.30. The normalized spacial score (nSPS) is 15.9. The molecule has 3 rings (SSSR count). The maximum atomic E-state index is 12.2. The molecular weight excluding hydrogens is 340 g/mol. The van der Waals surface area contributed by atoms with E-state index in [0.717, 1.165) is 6.07 Å². The molecule has 0 spiro atoms. The topological polar surface area (TPSA) is 113 Å². The number of cyclic esters (lactones) is 1. The van der Waals surface area contributed by atoms with Crippen molar-refractivity contribution in [2.75, 3.05) is 7.11 Å². The predicted octanol–water partition coefficient (Wildman–Crippen LogP) is 2.34. The van der Waals surface area contributed by atoms with Crippen molar-refractivity contribution in [2.45, 2.75) is 25.9 Å². The van der Waals surface area contributed by atoms with Crippen LogP contribution >= 0.6 is 0 Å². The van der Waals surface area contributed by atoms with Gasteiger partial charge in [-0.15, -0.1) is 0 Å². The van der Waals surface area contributed by atoms with Gasteiger partial charge in [-0.25, -0.2) is 4.79 Å². The molecule has 0 saturated heterocycles. The fourth-order valence-corrected chi connectivity index (χ4v) is 3.26. The highest BCUT2D eigenvalue weighted by atomic mass is 16.5. The third-order valence-electron chi connectivity index (χ3n) is 4.32. The number of methoxy groups -OCH3 is 1. The van der Waals surface area contributed by atoms with Crippen LogP contribution in [0.3, 0.4) is 0 Å². The average molecular weight is 358 g/mol. The van der Waals surface area contributed by atoms with Crippen LogP contribution in [0.25, 0.3) is 0 Å². The van der Waals surface area contributed by atoms with E-state index in [2.05, 4.69) is 0 Å². The molecule has 136 valence electrons. The van der Waals surface area contributed by atoms with E-state index >= 15 is 0 Å². The van der Waals surface area contributed by atoms with Gasteiger partial charge < -0.3 is 24.8 Å². The van der Waals surface area contributed by atoms with E-state index in [4.69, 9.17) is 9.47 Å². The Morgan fingerprint density at radius 3 is 2.58 bits per heavy atom. The number of hydrogen-bond acceptors (Lipinski definition) is 7. The molecule has 1 aliphatic heterocycles. The molecule has 0 unspecified atom stereocenters. The maximum Gasteiger partial charge on any atom is 0.342 e. The highest BCUT2D eigenvalue weighted by molar-refractivity contribution is 5.98. The molecule has 3 N–H and O–H groups in total. The molecule has 0 radical (unpaired) electrons. The van der Waals surface area contributed by atoms with Gasteiger partial charge in [-0.2, -0.15) is 0 Å². The quantitative estimate of drug-likeness (QED) is 0.568. The Kier molecular flexibility index (Phi) is 4.46. The maximum absolute atomic E-state index is 12.2. The van der Waals surface area contributed by atoms with Gasteiger partial charge >= 0.3 is 5.97 Å². The first-order valence-corrected chi connectivity index (χ1v) is 7.96. The predicted molar refractivity (Wildman–Crippen MR) is 91.0 cm³/mol. The zero-order valence-electron chi connectivity index (χ0n) is 14.3. The molecule has 7 nitrogen and oxygen atoms in total. The molecule has 0 saturated carbocycles. The van der Waals surface area contributed by atoms with Gasteiger partial charge in [0.15, 0.2) is 5.78 Å². The van der Waals surface area contributed by atoms with Crippen LogP contribution in [-0.4, -0.2) is 40.3 Å². The summed E-state index contributed by atoms with van der Waals surface area (Å²) in [5.74, 6) is -1.35. The molecule has 0 aromatic heterocycles. The highest BCUT2D eigenvalue weighted by Gasteiger charge is 2.31. The molecule has 26 heavy (non-hydrogen) atoms. The molecule has 0 amide bonds. The number of benzene rings is 2. The number of hydrogen-bond donors (Lipinski definition) is 3. The molecule has 0 aliphatic carbocycles. The van der Waals surface area contributed by atoms with E-state index in [-0.39, 0.29) is 47.0 Å². The number of carbonyl (C=O) groups is 2. The lowest BCUT2D eigenvalue weighted by Gasteiger charge is -2.26. The van der Waals surface area contributed by atoms with E-state index in [1.54, 1.807) is 6.07 Å². The molecule has 1 atom stereocenters. The summed E-state index contributed by atoms with van der Waals surface area (Å²) < 4.78 is 10.5. The molecule has 0 fully saturated rings. The van der Waals surface area contributed by atoms with Crippen molar-refractivity contribution in [2.24, 2.45) is 0 Å². The minimum Gasteiger partial charge on any atom is -0.508 e. The number of fused-ring (bicyclic) bond motifs is 1. The number of Topliss-reactive ketones (excluding diaryl/α,β-unsaturated/α-hetero) is 1. The smallest absolute Gasteiger partial charge is 0.342 e. The van der Waals surface area contributed by atoms with Crippen LogP contribution in [-0.2, 0) is 17.6 Å². The number of carbonyl (C=O) groups excluding carboxylic acids is 2. The Labute approximate surface area is 149 Å². The lowest BCUT2D eigenvalue weighted by atomic mass is 9.91. The van der Waals surface area contributed by atoms with Crippen LogP contribution in [0.15, 0.2) is 24.3 Å². The summed E-state index contributed by atoms with van der Waals surface area (Å²) in [6, 6.07) is 5.43. The zero-order valence-corrected chi connectivity index (χ0v) is 14.3. The van der Waals surface area contributed by atoms with Gasteiger partial charge in [0.05, 0.1) is 12.7 Å². The Bertz CT molecular complexity index is 901. The SMILES string of the molecule is COc1cc(O)c(C(C)=O)c(C[C@H]2Cc3cc(O)cc(O)c3C(=O)O2)c1. The summed E-state index contributed by atoms with van der Waals surface area (Å²) in [5.41, 5.74) is 1.12. The van der Waals surface area contributed by atoms with Crippen LogP contribution in [0.2, 0.25) is 0 Å². The van der Waals surface area contributed by atoms with Crippen molar-refractivity contribution in [3.8, 4) is 23.0 Å². The molecule has 0 bridgehead atoms. The number of phenols is 3. The van der Waals surface area contributed by atoms with Crippen molar-refractivity contribution in [3.05, 3.63) is 46.5 Å². The summed E-state index contributed by atoms with van der Waals surface area (Å²) in [6.45, 7) is 1.34.